The molecule has 0 amide bonds. The molecule has 0 fully saturated rings. The zero-order valence-corrected chi connectivity index (χ0v) is 13.5. The first-order valence-electron chi connectivity index (χ1n) is 7.77. The Labute approximate surface area is 139 Å². The SMILES string of the molecule is CC1(C)C=Cc2c(ccc3c(=O)c(-c4cccc(N)c4)coc23)O1. The van der Waals surface area contributed by atoms with E-state index in [0.29, 0.717) is 22.2 Å². The monoisotopic (exact) mass is 319 g/mol. The van der Waals surface area contributed by atoms with Gasteiger partial charge in [-0.3, -0.25) is 4.79 Å². The van der Waals surface area contributed by atoms with Crippen LogP contribution in [0.3, 0.4) is 0 Å². The van der Waals surface area contributed by atoms with E-state index in [1.807, 2.05) is 44.2 Å². The third kappa shape index (κ3) is 2.27. The van der Waals surface area contributed by atoms with Crippen LogP contribution in [0.5, 0.6) is 5.75 Å². The Morgan fingerprint density at radius 3 is 2.75 bits per heavy atom. The van der Waals surface area contributed by atoms with E-state index in [4.69, 9.17) is 14.9 Å². The molecule has 0 saturated heterocycles. The highest BCUT2D eigenvalue weighted by Gasteiger charge is 2.24. The summed E-state index contributed by atoms with van der Waals surface area (Å²) >= 11 is 0. The quantitative estimate of drug-likeness (QED) is 0.682. The van der Waals surface area contributed by atoms with Crippen LogP contribution < -0.4 is 15.9 Å². The van der Waals surface area contributed by atoms with E-state index < -0.39 is 0 Å². The molecule has 2 N–H and O–H groups in total. The lowest BCUT2D eigenvalue weighted by molar-refractivity contribution is 0.159. The van der Waals surface area contributed by atoms with Gasteiger partial charge in [0.1, 0.15) is 23.2 Å². The van der Waals surface area contributed by atoms with Crippen LogP contribution in [-0.4, -0.2) is 5.60 Å². The third-order valence-corrected chi connectivity index (χ3v) is 4.16. The molecule has 4 heteroatoms. The number of benzene rings is 2. The van der Waals surface area contributed by atoms with E-state index >= 15 is 0 Å². The molecule has 4 rings (SSSR count). The Morgan fingerprint density at radius 1 is 1.12 bits per heavy atom. The Hall–Kier alpha value is -3.01. The molecule has 0 saturated carbocycles. The number of nitrogens with two attached hydrogens (primary N) is 1. The molecule has 0 atom stereocenters. The summed E-state index contributed by atoms with van der Waals surface area (Å²) in [6, 6.07) is 10.8. The van der Waals surface area contributed by atoms with Crippen molar-refractivity contribution in [1.29, 1.82) is 0 Å². The molecule has 4 nitrogen and oxygen atoms in total. The molecule has 1 aromatic heterocycles. The van der Waals surface area contributed by atoms with Crippen molar-refractivity contribution < 1.29 is 9.15 Å². The van der Waals surface area contributed by atoms with Crippen molar-refractivity contribution >= 4 is 22.7 Å². The maximum atomic E-state index is 12.9. The zero-order chi connectivity index (χ0) is 16.9. The van der Waals surface area contributed by atoms with Gasteiger partial charge in [0.15, 0.2) is 0 Å². The van der Waals surface area contributed by atoms with E-state index in [1.165, 1.54) is 6.26 Å². The molecular weight excluding hydrogens is 302 g/mol. The molecule has 0 aliphatic carbocycles. The van der Waals surface area contributed by atoms with Crippen molar-refractivity contribution in [3.63, 3.8) is 0 Å². The van der Waals surface area contributed by atoms with E-state index in [9.17, 15) is 4.79 Å². The second-order valence-electron chi connectivity index (χ2n) is 6.50. The van der Waals surface area contributed by atoms with Crippen LogP contribution in [-0.2, 0) is 0 Å². The summed E-state index contributed by atoms with van der Waals surface area (Å²) in [6.07, 6.45) is 5.40. The van der Waals surface area contributed by atoms with Gasteiger partial charge in [-0.2, -0.15) is 0 Å². The van der Waals surface area contributed by atoms with E-state index in [2.05, 4.69) is 0 Å². The first-order chi connectivity index (χ1) is 11.4. The molecule has 1 aliphatic heterocycles. The van der Waals surface area contributed by atoms with Gasteiger partial charge in [-0.05, 0) is 55.8 Å². The first kappa shape index (κ1) is 14.6. The Balaban J connectivity index is 1.95. The lowest BCUT2D eigenvalue weighted by Gasteiger charge is -2.27. The average Bonchev–Trinajstić information content (AvgIpc) is 2.53. The van der Waals surface area contributed by atoms with E-state index in [-0.39, 0.29) is 11.0 Å². The number of anilines is 1. The maximum absolute atomic E-state index is 12.9. The van der Waals surface area contributed by atoms with Crippen LogP contribution in [0.15, 0.2) is 57.9 Å². The predicted molar refractivity (Wildman–Crippen MR) is 96.1 cm³/mol. The number of hydrogen-bond acceptors (Lipinski definition) is 4. The summed E-state index contributed by atoms with van der Waals surface area (Å²) in [6.45, 7) is 3.96. The van der Waals surface area contributed by atoms with Gasteiger partial charge in [-0.1, -0.05) is 12.1 Å². The highest BCUT2D eigenvalue weighted by Crippen LogP contribution is 2.35. The fourth-order valence-corrected chi connectivity index (χ4v) is 2.96. The third-order valence-electron chi connectivity index (χ3n) is 4.16. The summed E-state index contributed by atoms with van der Waals surface area (Å²) in [5.41, 5.74) is 8.55. The molecule has 2 heterocycles. The molecular formula is C20H17NO3. The highest BCUT2D eigenvalue weighted by molar-refractivity contribution is 5.91. The Kier molecular flexibility index (Phi) is 3.03. The molecule has 3 aromatic rings. The van der Waals surface area contributed by atoms with Crippen LogP contribution in [0.25, 0.3) is 28.2 Å². The van der Waals surface area contributed by atoms with Gasteiger partial charge in [0.2, 0.25) is 5.43 Å². The molecule has 0 spiro atoms. The number of rotatable bonds is 1. The average molecular weight is 319 g/mol. The van der Waals surface area contributed by atoms with Gasteiger partial charge >= 0.3 is 0 Å². The van der Waals surface area contributed by atoms with Gasteiger partial charge in [0.05, 0.1) is 16.5 Å². The summed E-state index contributed by atoms with van der Waals surface area (Å²) < 4.78 is 11.7. The first-order valence-corrected chi connectivity index (χ1v) is 7.77. The standard InChI is InChI=1S/C20H17NO3/c1-20(2)9-8-14-17(24-20)7-6-15-18(22)16(11-23-19(14)15)12-4-3-5-13(21)10-12/h3-11H,21H2,1-2H3. The summed E-state index contributed by atoms with van der Waals surface area (Å²) in [4.78, 5) is 12.9. The van der Waals surface area contributed by atoms with E-state index in [1.54, 1.807) is 18.2 Å². The minimum Gasteiger partial charge on any atom is -0.483 e. The minimum atomic E-state index is -0.373. The van der Waals surface area contributed by atoms with Crippen LogP contribution in [0, 0.1) is 0 Å². The molecule has 0 radical (unpaired) electrons. The van der Waals surface area contributed by atoms with Crippen LogP contribution in [0.4, 0.5) is 5.69 Å². The number of ether oxygens (including phenoxy) is 1. The van der Waals surface area contributed by atoms with E-state index in [0.717, 1.165) is 16.9 Å². The Morgan fingerprint density at radius 2 is 1.96 bits per heavy atom. The molecule has 2 aromatic carbocycles. The van der Waals surface area contributed by atoms with Gasteiger partial charge in [-0.15, -0.1) is 0 Å². The van der Waals surface area contributed by atoms with Gasteiger partial charge in [0.25, 0.3) is 0 Å². The molecule has 24 heavy (non-hydrogen) atoms. The second kappa shape index (κ2) is 4.99. The number of hydrogen-bond donors (Lipinski definition) is 1. The summed E-state index contributed by atoms with van der Waals surface area (Å²) in [5.74, 6) is 0.717. The van der Waals surface area contributed by atoms with Gasteiger partial charge < -0.3 is 14.9 Å². The molecule has 1 aliphatic rings. The fourth-order valence-electron chi connectivity index (χ4n) is 2.96. The lowest BCUT2D eigenvalue weighted by atomic mass is 9.99. The molecule has 120 valence electrons. The smallest absolute Gasteiger partial charge is 0.200 e. The van der Waals surface area contributed by atoms with Crippen molar-refractivity contribution in [3.05, 3.63) is 64.5 Å². The van der Waals surface area contributed by atoms with Crippen molar-refractivity contribution in [2.75, 3.05) is 5.73 Å². The predicted octanol–water partition coefficient (Wildman–Crippen LogP) is 4.23. The minimum absolute atomic E-state index is 0.0807. The largest absolute Gasteiger partial charge is 0.483 e. The summed E-state index contributed by atoms with van der Waals surface area (Å²) in [5, 5.41) is 0.529. The highest BCUT2D eigenvalue weighted by atomic mass is 16.5. The lowest BCUT2D eigenvalue weighted by Crippen LogP contribution is -2.27. The van der Waals surface area contributed by atoms with Crippen molar-refractivity contribution in [3.8, 4) is 16.9 Å². The van der Waals surface area contributed by atoms with Crippen LogP contribution in [0.1, 0.15) is 19.4 Å². The molecule has 0 unspecified atom stereocenters. The number of nitrogen functional groups attached to an aromatic ring is 1. The second-order valence-corrected chi connectivity index (χ2v) is 6.50. The number of fused-ring (bicyclic) bond motifs is 3. The normalized spacial score (nSPS) is 15.1. The summed E-state index contributed by atoms with van der Waals surface area (Å²) in [7, 11) is 0. The van der Waals surface area contributed by atoms with Crippen molar-refractivity contribution in [2.24, 2.45) is 0 Å². The maximum Gasteiger partial charge on any atom is 0.200 e. The zero-order valence-electron chi connectivity index (χ0n) is 13.5. The van der Waals surface area contributed by atoms with Crippen LogP contribution >= 0.6 is 0 Å². The van der Waals surface area contributed by atoms with Gasteiger partial charge in [0, 0.05) is 5.69 Å². The molecule has 0 bridgehead atoms. The van der Waals surface area contributed by atoms with Crippen molar-refractivity contribution in [2.45, 2.75) is 19.4 Å². The van der Waals surface area contributed by atoms with Gasteiger partial charge in [-0.25, -0.2) is 0 Å². The van der Waals surface area contributed by atoms with Crippen LogP contribution in [0.2, 0.25) is 0 Å². The Bertz CT molecular complexity index is 1040. The van der Waals surface area contributed by atoms with Crippen molar-refractivity contribution in [1.82, 2.24) is 0 Å². The fraction of sp³-hybridized carbons (Fsp3) is 0.150. The topological polar surface area (TPSA) is 65.5 Å².